The molecule has 1 saturated heterocycles. The summed E-state index contributed by atoms with van der Waals surface area (Å²) in [5.41, 5.74) is 1.65. The number of aromatic nitrogens is 3. The predicted octanol–water partition coefficient (Wildman–Crippen LogP) is 2.33. The summed E-state index contributed by atoms with van der Waals surface area (Å²) < 4.78 is 0. The van der Waals surface area contributed by atoms with Crippen LogP contribution in [0.3, 0.4) is 0 Å². The van der Waals surface area contributed by atoms with E-state index < -0.39 is 0 Å². The molecule has 0 spiro atoms. The number of hydrogen-bond acceptors (Lipinski definition) is 6. The van der Waals surface area contributed by atoms with E-state index in [-0.39, 0.29) is 0 Å². The van der Waals surface area contributed by atoms with Crippen molar-refractivity contribution >= 4 is 11.6 Å². The molecule has 24 heavy (non-hydrogen) atoms. The molecule has 0 bridgehead atoms. The zero-order valence-electron chi connectivity index (χ0n) is 14.2. The maximum absolute atomic E-state index is 9.25. The Kier molecular flexibility index (Phi) is 4.90. The largest absolute Gasteiger partial charge is 0.353 e. The highest BCUT2D eigenvalue weighted by molar-refractivity contribution is 5.55. The summed E-state index contributed by atoms with van der Waals surface area (Å²) in [6.45, 7) is 7.56. The van der Waals surface area contributed by atoms with Crippen LogP contribution in [0.1, 0.15) is 30.4 Å². The first-order chi connectivity index (χ1) is 11.7. The highest BCUT2D eigenvalue weighted by Gasteiger charge is 2.21. The number of piperazine rings is 1. The van der Waals surface area contributed by atoms with Gasteiger partial charge in [0.05, 0.1) is 5.56 Å². The van der Waals surface area contributed by atoms with Crippen LogP contribution in [-0.4, -0.2) is 41.1 Å². The topological polar surface area (TPSA) is 68.9 Å². The molecule has 2 aromatic heterocycles. The van der Waals surface area contributed by atoms with E-state index >= 15 is 0 Å². The molecular weight excluding hydrogens is 300 g/mol. The molecule has 1 aliphatic rings. The fraction of sp³-hybridized carbons (Fsp3) is 0.444. The SMILES string of the molecule is CCCc1nc(C)cc(N2CCN(c3ncccc3C#N)CC2)n1. The van der Waals surface area contributed by atoms with Crippen LogP contribution >= 0.6 is 0 Å². The maximum Gasteiger partial charge on any atom is 0.146 e. The lowest BCUT2D eigenvalue weighted by Gasteiger charge is -2.36. The van der Waals surface area contributed by atoms with Crippen molar-refractivity contribution in [3.63, 3.8) is 0 Å². The second kappa shape index (κ2) is 7.26. The first kappa shape index (κ1) is 16.2. The Balaban J connectivity index is 1.72. The number of rotatable bonds is 4. The van der Waals surface area contributed by atoms with Gasteiger partial charge in [-0.2, -0.15) is 5.26 Å². The van der Waals surface area contributed by atoms with Crippen molar-refractivity contribution in [3.05, 3.63) is 41.5 Å². The standard InChI is InChI=1S/C18H22N6/c1-3-5-16-21-14(2)12-17(22-16)23-8-10-24(11-9-23)18-15(13-19)6-4-7-20-18/h4,6-7,12H,3,5,8-11H2,1-2H3. The fourth-order valence-corrected chi connectivity index (χ4v) is 2.99. The van der Waals surface area contributed by atoms with Crippen molar-refractivity contribution in [1.82, 2.24) is 15.0 Å². The van der Waals surface area contributed by atoms with Gasteiger partial charge in [0.2, 0.25) is 0 Å². The molecule has 0 N–H and O–H groups in total. The van der Waals surface area contributed by atoms with Gasteiger partial charge in [0.15, 0.2) is 0 Å². The van der Waals surface area contributed by atoms with Gasteiger partial charge in [-0.1, -0.05) is 6.92 Å². The van der Waals surface area contributed by atoms with E-state index in [1.165, 1.54) is 0 Å². The van der Waals surface area contributed by atoms with Gasteiger partial charge in [-0.15, -0.1) is 0 Å². The summed E-state index contributed by atoms with van der Waals surface area (Å²) in [5.74, 6) is 2.71. The maximum atomic E-state index is 9.25. The van der Waals surface area contributed by atoms with Crippen LogP contribution < -0.4 is 9.80 Å². The van der Waals surface area contributed by atoms with Crippen molar-refractivity contribution in [1.29, 1.82) is 5.26 Å². The van der Waals surface area contributed by atoms with Gasteiger partial charge in [-0.25, -0.2) is 15.0 Å². The van der Waals surface area contributed by atoms with Crippen molar-refractivity contribution in [2.24, 2.45) is 0 Å². The first-order valence-corrected chi connectivity index (χ1v) is 8.41. The predicted molar refractivity (Wildman–Crippen MR) is 94.1 cm³/mol. The number of aryl methyl sites for hydroxylation is 2. The zero-order chi connectivity index (χ0) is 16.9. The van der Waals surface area contributed by atoms with Crippen molar-refractivity contribution in [2.45, 2.75) is 26.7 Å². The van der Waals surface area contributed by atoms with Gasteiger partial charge in [-0.05, 0) is 25.5 Å². The molecule has 124 valence electrons. The van der Waals surface area contributed by atoms with E-state index in [9.17, 15) is 5.26 Å². The van der Waals surface area contributed by atoms with Crippen LogP contribution in [0.5, 0.6) is 0 Å². The van der Waals surface area contributed by atoms with Gasteiger partial charge >= 0.3 is 0 Å². The molecule has 0 radical (unpaired) electrons. The molecule has 1 aliphatic heterocycles. The molecule has 3 rings (SSSR count). The van der Waals surface area contributed by atoms with E-state index in [1.807, 2.05) is 13.0 Å². The minimum Gasteiger partial charge on any atom is -0.353 e. The van der Waals surface area contributed by atoms with Crippen LogP contribution in [-0.2, 0) is 6.42 Å². The average Bonchev–Trinajstić information content (AvgIpc) is 2.61. The smallest absolute Gasteiger partial charge is 0.146 e. The summed E-state index contributed by atoms with van der Waals surface area (Å²) in [7, 11) is 0. The molecule has 0 aliphatic carbocycles. The molecule has 0 aromatic carbocycles. The van der Waals surface area contributed by atoms with Crippen LogP contribution in [0.4, 0.5) is 11.6 Å². The van der Waals surface area contributed by atoms with E-state index in [4.69, 9.17) is 4.98 Å². The average molecular weight is 322 g/mol. The molecule has 0 saturated carbocycles. The minimum absolute atomic E-state index is 0.633. The highest BCUT2D eigenvalue weighted by Crippen LogP contribution is 2.21. The Morgan fingerprint density at radius 3 is 2.62 bits per heavy atom. The number of hydrogen-bond donors (Lipinski definition) is 0. The number of pyridine rings is 1. The third-order valence-corrected chi connectivity index (χ3v) is 4.17. The van der Waals surface area contributed by atoms with E-state index in [2.05, 4.69) is 38.8 Å². The molecule has 3 heterocycles. The summed E-state index contributed by atoms with van der Waals surface area (Å²) in [6.07, 6.45) is 3.70. The molecule has 6 heteroatoms. The third-order valence-electron chi connectivity index (χ3n) is 4.17. The molecule has 1 fully saturated rings. The molecule has 2 aromatic rings. The van der Waals surface area contributed by atoms with E-state index in [0.29, 0.717) is 5.56 Å². The Morgan fingerprint density at radius 1 is 1.17 bits per heavy atom. The Hall–Kier alpha value is -2.68. The van der Waals surface area contributed by atoms with Gasteiger partial charge in [0, 0.05) is 50.6 Å². The van der Waals surface area contributed by atoms with Crippen molar-refractivity contribution in [2.75, 3.05) is 36.0 Å². The third kappa shape index (κ3) is 3.46. The Morgan fingerprint density at radius 2 is 1.92 bits per heavy atom. The molecule has 0 unspecified atom stereocenters. The van der Waals surface area contributed by atoms with Crippen LogP contribution in [0.2, 0.25) is 0 Å². The number of anilines is 2. The lowest BCUT2D eigenvalue weighted by molar-refractivity contribution is 0.637. The van der Waals surface area contributed by atoms with Gasteiger partial charge in [0.1, 0.15) is 23.5 Å². The molecule has 6 nitrogen and oxygen atoms in total. The molecular formula is C18H22N6. The van der Waals surface area contributed by atoms with Crippen molar-refractivity contribution < 1.29 is 0 Å². The van der Waals surface area contributed by atoms with Gasteiger partial charge in [-0.3, -0.25) is 0 Å². The molecule has 0 amide bonds. The quantitative estimate of drug-likeness (QED) is 0.860. The summed E-state index contributed by atoms with van der Waals surface area (Å²) in [5, 5.41) is 9.25. The second-order valence-corrected chi connectivity index (χ2v) is 5.99. The second-order valence-electron chi connectivity index (χ2n) is 5.99. The van der Waals surface area contributed by atoms with Gasteiger partial charge in [0.25, 0.3) is 0 Å². The molecule has 0 atom stereocenters. The minimum atomic E-state index is 0.633. The lowest BCUT2D eigenvalue weighted by Crippen LogP contribution is -2.47. The summed E-state index contributed by atoms with van der Waals surface area (Å²) in [6, 6.07) is 7.90. The zero-order valence-corrected chi connectivity index (χ0v) is 14.2. The lowest BCUT2D eigenvalue weighted by atomic mass is 10.2. The summed E-state index contributed by atoms with van der Waals surface area (Å²) in [4.78, 5) is 18.1. The highest BCUT2D eigenvalue weighted by atomic mass is 15.3. The van der Waals surface area contributed by atoms with Crippen LogP contribution in [0.25, 0.3) is 0 Å². The van der Waals surface area contributed by atoms with Crippen LogP contribution in [0, 0.1) is 18.3 Å². The summed E-state index contributed by atoms with van der Waals surface area (Å²) >= 11 is 0. The normalized spacial score (nSPS) is 14.5. The van der Waals surface area contributed by atoms with Crippen molar-refractivity contribution in [3.8, 4) is 6.07 Å². The number of nitriles is 1. The first-order valence-electron chi connectivity index (χ1n) is 8.41. The number of nitrogens with zero attached hydrogens (tertiary/aromatic N) is 6. The Bertz CT molecular complexity index is 743. The van der Waals surface area contributed by atoms with E-state index in [1.54, 1.807) is 12.3 Å². The fourth-order valence-electron chi connectivity index (χ4n) is 2.99. The van der Waals surface area contributed by atoms with E-state index in [0.717, 1.165) is 62.2 Å². The Labute approximate surface area is 142 Å². The monoisotopic (exact) mass is 322 g/mol. The van der Waals surface area contributed by atoms with Crippen LogP contribution in [0.15, 0.2) is 24.4 Å². The van der Waals surface area contributed by atoms with Gasteiger partial charge < -0.3 is 9.80 Å².